The highest BCUT2D eigenvalue weighted by atomic mass is 16.4. The molecule has 1 aromatic carbocycles. The molecule has 2 N–H and O–H groups in total. The Balaban J connectivity index is 2.18. The lowest BCUT2D eigenvalue weighted by Gasteiger charge is -2.12. The number of aromatic nitrogens is 1. The van der Waals surface area contributed by atoms with E-state index < -0.39 is 5.97 Å². The number of nitrogens with one attached hydrogen (secondary N) is 1. The van der Waals surface area contributed by atoms with Gasteiger partial charge in [-0.15, -0.1) is 0 Å². The van der Waals surface area contributed by atoms with Gasteiger partial charge in [-0.2, -0.15) is 0 Å². The zero-order valence-corrected chi connectivity index (χ0v) is 12.1. The van der Waals surface area contributed by atoms with Crippen LogP contribution < -0.4 is 5.32 Å². The van der Waals surface area contributed by atoms with Crippen molar-refractivity contribution in [3.63, 3.8) is 0 Å². The predicted molar refractivity (Wildman–Crippen MR) is 80.2 cm³/mol. The molecule has 0 aliphatic heterocycles. The number of fused-ring (bicyclic) bond motifs is 1. The Morgan fingerprint density at radius 2 is 2.05 bits per heavy atom. The molecule has 1 atom stereocenters. The van der Waals surface area contributed by atoms with Crippen LogP contribution in [0.5, 0.6) is 0 Å². The molecule has 5 nitrogen and oxygen atoms in total. The van der Waals surface area contributed by atoms with Crippen LogP contribution in [0.3, 0.4) is 0 Å². The number of nitrogens with zero attached hydrogens (tertiary/aromatic N) is 1. The molecule has 0 bridgehead atoms. The van der Waals surface area contributed by atoms with E-state index in [4.69, 9.17) is 5.11 Å². The molecule has 1 aromatic heterocycles. The quantitative estimate of drug-likeness (QED) is 0.884. The lowest BCUT2D eigenvalue weighted by Crippen LogP contribution is -2.29. The van der Waals surface area contributed by atoms with E-state index in [1.165, 1.54) is 0 Å². The number of carboxylic acids is 1. The average Bonchev–Trinajstić information content (AvgIpc) is 2.43. The molecule has 21 heavy (non-hydrogen) atoms. The normalized spacial score (nSPS) is 12.1. The van der Waals surface area contributed by atoms with E-state index in [0.717, 1.165) is 16.6 Å². The molecule has 0 saturated carbocycles. The number of carbonyl (C=O) groups is 2. The molecule has 0 fully saturated rings. The first-order valence-corrected chi connectivity index (χ1v) is 6.83. The summed E-state index contributed by atoms with van der Waals surface area (Å²) in [6, 6.07) is 9.22. The molecule has 0 spiro atoms. The molecule has 1 heterocycles. The van der Waals surface area contributed by atoms with Crippen molar-refractivity contribution < 1.29 is 14.7 Å². The second-order valence-corrected chi connectivity index (χ2v) is 5.24. The van der Waals surface area contributed by atoms with Gasteiger partial charge in [-0.1, -0.05) is 25.1 Å². The topological polar surface area (TPSA) is 79.3 Å². The maximum absolute atomic E-state index is 12.3. The molecule has 0 radical (unpaired) electrons. The van der Waals surface area contributed by atoms with Gasteiger partial charge in [0, 0.05) is 24.0 Å². The van der Waals surface area contributed by atoms with Gasteiger partial charge in [0.1, 0.15) is 0 Å². The fourth-order valence-corrected chi connectivity index (χ4v) is 2.23. The highest BCUT2D eigenvalue weighted by Gasteiger charge is 2.14. The Kier molecular flexibility index (Phi) is 4.52. The Bertz CT molecular complexity index is 682. The lowest BCUT2D eigenvalue weighted by atomic mass is 10.1. The third kappa shape index (κ3) is 3.78. The van der Waals surface area contributed by atoms with Gasteiger partial charge in [-0.25, -0.2) is 0 Å². The number of pyridine rings is 1. The number of aryl methyl sites for hydroxylation is 1. The van der Waals surface area contributed by atoms with Crippen LogP contribution in [0, 0.1) is 12.8 Å². The van der Waals surface area contributed by atoms with Crippen molar-refractivity contribution in [3.05, 3.63) is 41.6 Å². The van der Waals surface area contributed by atoms with E-state index in [1.54, 1.807) is 13.0 Å². The fourth-order valence-electron chi connectivity index (χ4n) is 2.23. The van der Waals surface area contributed by atoms with Crippen molar-refractivity contribution in [1.82, 2.24) is 10.3 Å². The summed E-state index contributed by atoms with van der Waals surface area (Å²) in [5.74, 6) is -1.17. The zero-order chi connectivity index (χ0) is 15.4. The SMILES string of the molecule is Cc1cc(C(=O)NCC(C)CC(=O)O)c2ccccc2n1. The van der Waals surface area contributed by atoms with Crippen LogP contribution in [0.2, 0.25) is 0 Å². The molecule has 1 unspecified atom stereocenters. The Morgan fingerprint density at radius 3 is 2.76 bits per heavy atom. The summed E-state index contributed by atoms with van der Waals surface area (Å²) >= 11 is 0. The van der Waals surface area contributed by atoms with Crippen molar-refractivity contribution in [3.8, 4) is 0 Å². The molecule has 110 valence electrons. The molecular formula is C16H18N2O3. The number of benzene rings is 1. The summed E-state index contributed by atoms with van der Waals surface area (Å²) in [6.07, 6.45) is 0.0381. The number of hydrogen-bond acceptors (Lipinski definition) is 3. The Hall–Kier alpha value is -2.43. The van der Waals surface area contributed by atoms with Gasteiger partial charge >= 0.3 is 5.97 Å². The molecule has 0 aliphatic rings. The van der Waals surface area contributed by atoms with Crippen molar-refractivity contribution in [2.75, 3.05) is 6.54 Å². The summed E-state index contributed by atoms with van der Waals surface area (Å²) in [5.41, 5.74) is 2.12. The molecular weight excluding hydrogens is 268 g/mol. The van der Waals surface area contributed by atoms with Gasteiger partial charge in [0.15, 0.2) is 0 Å². The first kappa shape index (κ1) is 15.0. The maximum atomic E-state index is 12.3. The van der Waals surface area contributed by atoms with Gasteiger partial charge in [0.25, 0.3) is 5.91 Å². The Labute approximate surface area is 123 Å². The maximum Gasteiger partial charge on any atom is 0.303 e. The number of carbonyl (C=O) groups excluding carboxylic acids is 1. The summed E-state index contributed by atoms with van der Waals surface area (Å²) in [6.45, 7) is 3.97. The summed E-state index contributed by atoms with van der Waals surface area (Å²) in [5, 5.41) is 12.3. The van der Waals surface area contributed by atoms with Crippen LogP contribution in [-0.4, -0.2) is 28.5 Å². The van der Waals surface area contributed by atoms with Crippen molar-refractivity contribution >= 4 is 22.8 Å². The van der Waals surface area contributed by atoms with E-state index in [-0.39, 0.29) is 18.2 Å². The van der Waals surface area contributed by atoms with Gasteiger partial charge in [-0.3, -0.25) is 14.6 Å². The van der Waals surface area contributed by atoms with E-state index in [9.17, 15) is 9.59 Å². The van der Waals surface area contributed by atoms with Crippen LogP contribution in [0.1, 0.15) is 29.4 Å². The first-order chi connectivity index (χ1) is 9.97. The minimum absolute atomic E-state index is 0.0381. The number of hydrogen-bond donors (Lipinski definition) is 2. The highest BCUT2D eigenvalue weighted by Crippen LogP contribution is 2.18. The van der Waals surface area contributed by atoms with Gasteiger partial charge in [0.2, 0.25) is 0 Å². The van der Waals surface area contributed by atoms with Crippen LogP contribution in [0.25, 0.3) is 10.9 Å². The van der Waals surface area contributed by atoms with Crippen LogP contribution in [0.4, 0.5) is 0 Å². The molecule has 0 saturated heterocycles. The molecule has 1 amide bonds. The van der Waals surface area contributed by atoms with Crippen LogP contribution >= 0.6 is 0 Å². The van der Waals surface area contributed by atoms with Crippen molar-refractivity contribution in [1.29, 1.82) is 0 Å². The number of rotatable bonds is 5. The monoisotopic (exact) mass is 286 g/mol. The number of aliphatic carboxylic acids is 1. The lowest BCUT2D eigenvalue weighted by molar-refractivity contribution is -0.137. The minimum Gasteiger partial charge on any atom is -0.481 e. The fraction of sp³-hybridized carbons (Fsp3) is 0.312. The number of para-hydroxylation sites is 1. The molecule has 0 aliphatic carbocycles. The number of amides is 1. The summed E-state index contributed by atoms with van der Waals surface area (Å²) in [4.78, 5) is 27.3. The van der Waals surface area contributed by atoms with E-state index in [0.29, 0.717) is 12.1 Å². The standard InChI is InChI=1S/C16H18N2O3/c1-10(7-15(19)20)9-17-16(21)13-8-11(2)18-14-6-4-3-5-12(13)14/h3-6,8,10H,7,9H2,1-2H3,(H,17,21)(H,19,20). The van der Waals surface area contributed by atoms with Gasteiger partial charge in [0.05, 0.1) is 11.1 Å². The zero-order valence-electron chi connectivity index (χ0n) is 12.1. The third-order valence-electron chi connectivity index (χ3n) is 3.22. The largest absolute Gasteiger partial charge is 0.481 e. The molecule has 2 rings (SSSR count). The highest BCUT2D eigenvalue weighted by molar-refractivity contribution is 6.06. The first-order valence-electron chi connectivity index (χ1n) is 6.83. The third-order valence-corrected chi connectivity index (χ3v) is 3.22. The van der Waals surface area contributed by atoms with Crippen LogP contribution in [0.15, 0.2) is 30.3 Å². The second kappa shape index (κ2) is 6.35. The van der Waals surface area contributed by atoms with Crippen molar-refractivity contribution in [2.24, 2.45) is 5.92 Å². The average molecular weight is 286 g/mol. The van der Waals surface area contributed by atoms with E-state index in [1.807, 2.05) is 31.2 Å². The second-order valence-electron chi connectivity index (χ2n) is 5.24. The predicted octanol–water partition coefficient (Wildman–Crippen LogP) is 2.38. The summed E-state index contributed by atoms with van der Waals surface area (Å²) in [7, 11) is 0. The van der Waals surface area contributed by atoms with E-state index >= 15 is 0 Å². The van der Waals surface area contributed by atoms with Crippen molar-refractivity contribution in [2.45, 2.75) is 20.3 Å². The van der Waals surface area contributed by atoms with Crippen LogP contribution in [-0.2, 0) is 4.79 Å². The van der Waals surface area contributed by atoms with Gasteiger partial charge < -0.3 is 10.4 Å². The molecule has 5 heteroatoms. The molecule has 2 aromatic rings. The minimum atomic E-state index is -0.859. The number of carboxylic acid groups (broad SMARTS) is 1. The Morgan fingerprint density at radius 1 is 1.33 bits per heavy atom. The summed E-state index contributed by atoms with van der Waals surface area (Å²) < 4.78 is 0. The smallest absolute Gasteiger partial charge is 0.303 e. The van der Waals surface area contributed by atoms with E-state index in [2.05, 4.69) is 10.3 Å². The van der Waals surface area contributed by atoms with Gasteiger partial charge in [-0.05, 0) is 25.0 Å².